The topological polar surface area (TPSA) is 46.6 Å². The minimum Gasteiger partial charge on any atom is -0.444 e. The second-order valence-corrected chi connectivity index (χ2v) is 7.97. The Hall–Kier alpha value is -0.880. The van der Waals surface area contributed by atoms with Gasteiger partial charge in [0.25, 0.3) is 0 Å². The molecule has 2 rings (SSSR count). The zero-order valence-corrected chi connectivity index (χ0v) is 14.9. The summed E-state index contributed by atoms with van der Waals surface area (Å²) in [6.45, 7) is 6.73. The number of ether oxygens (including phenoxy) is 1. The predicted octanol–water partition coefficient (Wildman–Crippen LogP) is 4.34. The van der Waals surface area contributed by atoms with E-state index in [0.717, 1.165) is 9.35 Å². The first kappa shape index (κ1) is 16.5. The van der Waals surface area contributed by atoms with Gasteiger partial charge < -0.3 is 9.64 Å². The van der Waals surface area contributed by atoms with Crippen molar-refractivity contribution in [2.75, 3.05) is 13.1 Å². The Labute approximate surface area is 137 Å². The number of halogens is 1. The van der Waals surface area contributed by atoms with Crippen molar-refractivity contribution >= 4 is 39.1 Å². The van der Waals surface area contributed by atoms with Gasteiger partial charge in [-0.3, -0.25) is 4.79 Å². The number of hydrogen-bond acceptors (Lipinski definition) is 4. The van der Waals surface area contributed by atoms with Gasteiger partial charge in [-0.15, -0.1) is 11.3 Å². The summed E-state index contributed by atoms with van der Waals surface area (Å²) in [5.41, 5.74) is -0.481. The minimum atomic E-state index is -0.481. The maximum Gasteiger partial charge on any atom is 0.410 e. The molecule has 1 aliphatic heterocycles. The van der Waals surface area contributed by atoms with Gasteiger partial charge in [-0.05, 0) is 61.0 Å². The number of carbonyl (C=O) groups is 2. The van der Waals surface area contributed by atoms with Crippen LogP contribution in [0.1, 0.15) is 43.3 Å². The third-order valence-corrected chi connectivity index (χ3v) is 5.21. The number of likely N-dealkylation sites (tertiary alicyclic amines) is 1. The van der Waals surface area contributed by atoms with Crippen molar-refractivity contribution in [3.8, 4) is 0 Å². The molecule has 2 heterocycles. The fourth-order valence-corrected chi connectivity index (χ4v) is 3.89. The molecule has 1 saturated heterocycles. The predicted molar refractivity (Wildman–Crippen MR) is 86.9 cm³/mol. The summed E-state index contributed by atoms with van der Waals surface area (Å²) >= 11 is 4.87. The van der Waals surface area contributed by atoms with Gasteiger partial charge in [-0.2, -0.15) is 0 Å². The number of hydrogen-bond donors (Lipinski definition) is 0. The minimum absolute atomic E-state index is 0.00126. The van der Waals surface area contributed by atoms with Gasteiger partial charge in [0.15, 0.2) is 5.78 Å². The average Bonchev–Trinajstić information content (AvgIpc) is 2.82. The third kappa shape index (κ3) is 4.30. The number of amides is 1. The molecular formula is C15H20BrNO3S. The molecule has 6 heteroatoms. The lowest BCUT2D eigenvalue weighted by atomic mass is 9.92. The van der Waals surface area contributed by atoms with Crippen LogP contribution >= 0.6 is 27.3 Å². The second-order valence-electron chi connectivity index (χ2n) is 6.20. The van der Waals surface area contributed by atoms with Crippen LogP contribution in [0.2, 0.25) is 0 Å². The highest BCUT2D eigenvalue weighted by Crippen LogP contribution is 2.29. The Balaban J connectivity index is 1.90. The first-order valence-electron chi connectivity index (χ1n) is 7.03. The highest BCUT2D eigenvalue weighted by Gasteiger charge is 2.31. The molecule has 4 nitrogen and oxygen atoms in total. The van der Waals surface area contributed by atoms with Crippen LogP contribution in [-0.2, 0) is 4.74 Å². The monoisotopic (exact) mass is 373 g/mol. The fraction of sp³-hybridized carbons (Fsp3) is 0.600. The van der Waals surface area contributed by atoms with E-state index < -0.39 is 5.60 Å². The number of thiophene rings is 1. The normalized spacial score (nSPS) is 16.9. The number of carbonyl (C=O) groups excluding carboxylic acids is 2. The molecular weight excluding hydrogens is 354 g/mol. The molecule has 1 fully saturated rings. The Bertz CT molecular complexity index is 527. The van der Waals surface area contributed by atoms with E-state index in [1.54, 1.807) is 4.90 Å². The second kappa shape index (κ2) is 6.48. The maximum atomic E-state index is 12.4. The van der Waals surface area contributed by atoms with Crippen molar-refractivity contribution in [1.29, 1.82) is 0 Å². The number of nitrogens with zero attached hydrogens (tertiary/aromatic N) is 1. The van der Waals surface area contributed by atoms with Crippen LogP contribution < -0.4 is 0 Å². The molecule has 116 valence electrons. The lowest BCUT2D eigenvalue weighted by molar-refractivity contribution is 0.0182. The first-order chi connectivity index (χ1) is 9.78. The number of ketones is 1. The van der Waals surface area contributed by atoms with Crippen molar-refractivity contribution in [1.82, 2.24) is 4.90 Å². The van der Waals surface area contributed by atoms with Crippen molar-refractivity contribution < 1.29 is 14.3 Å². The van der Waals surface area contributed by atoms with Crippen LogP contribution in [0.3, 0.4) is 0 Å². The van der Waals surface area contributed by atoms with Crippen LogP contribution in [0.15, 0.2) is 15.9 Å². The van der Waals surface area contributed by atoms with Crippen molar-refractivity contribution in [3.05, 3.63) is 20.8 Å². The van der Waals surface area contributed by atoms with Crippen molar-refractivity contribution in [2.24, 2.45) is 5.92 Å². The molecule has 0 aromatic carbocycles. The smallest absolute Gasteiger partial charge is 0.410 e. The van der Waals surface area contributed by atoms with Gasteiger partial charge >= 0.3 is 6.09 Å². The Morgan fingerprint density at radius 3 is 2.43 bits per heavy atom. The summed E-state index contributed by atoms with van der Waals surface area (Å²) < 4.78 is 6.23. The number of piperidine rings is 1. The summed E-state index contributed by atoms with van der Waals surface area (Å²) in [4.78, 5) is 26.9. The van der Waals surface area contributed by atoms with Crippen LogP contribution in [-0.4, -0.2) is 35.5 Å². The van der Waals surface area contributed by atoms with Gasteiger partial charge in [0.2, 0.25) is 0 Å². The zero-order valence-electron chi connectivity index (χ0n) is 12.5. The molecule has 0 bridgehead atoms. The first-order valence-corrected chi connectivity index (χ1v) is 8.70. The molecule has 1 aromatic heterocycles. The molecule has 0 atom stereocenters. The molecule has 0 unspecified atom stereocenters. The van der Waals surface area contributed by atoms with Crippen LogP contribution in [0, 0.1) is 5.92 Å². The summed E-state index contributed by atoms with van der Waals surface area (Å²) in [7, 11) is 0. The standard InChI is InChI=1S/C15H20BrNO3S/c1-15(2,3)20-14(19)17-7-4-10(5-8-17)12(18)13-11(16)6-9-21-13/h6,9-10H,4-5,7-8H2,1-3H3. The largest absolute Gasteiger partial charge is 0.444 e. The van der Waals surface area contributed by atoms with Gasteiger partial charge in [-0.25, -0.2) is 4.79 Å². The van der Waals surface area contributed by atoms with Crippen LogP contribution in [0.5, 0.6) is 0 Å². The van der Waals surface area contributed by atoms with Crippen LogP contribution in [0.4, 0.5) is 4.79 Å². The van der Waals surface area contributed by atoms with Crippen molar-refractivity contribution in [2.45, 2.75) is 39.2 Å². The SMILES string of the molecule is CC(C)(C)OC(=O)N1CCC(C(=O)c2sccc2Br)CC1. The fourth-order valence-electron chi connectivity index (χ4n) is 2.31. The summed E-state index contributed by atoms with van der Waals surface area (Å²) in [5.74, 6) is 0.180. The van der Waals surface area contributed by atoms with E-state index >= 15 is 0 Å². The van der Waals surface area contributed by atoms with E-state index in [2.05, 4.69) is 15.9 Å². The lowest BCUT2D eigenvalue weighted by Gasteiger charge is -2.32. The van der Waals surface area contributed by atoms with Gasteiger partial charge in [0.05, 0.1) is 4.88 Å². The summed E-state index contributed by atoms with van der Waals surface area (Å²) in [5, 5.41) is 1.91. The van der Waals surface area contributed by atoms with Gasteiger partial charge in [-0.1, -0.05) is 0 Å². The Morgan fingerprint density at radius 1 is 1.33 bits per heavy atom. The third-order valence-electron chi connectivity index (χ3n) is 3.36. The molecule has 21 heavy (non-hydrogen) atoms. The highest BCUT2D eigenvalue weighted by molar-refractivity contribution is 9.10. The van der Waals surface area contributed by atoms with Crippen LogP contribution in [0.25, 0.3) is 0 Å². The molecule has 1 aromatic rings. The molecule has 0 saturated carbocycles. The zero-order chi connectivity index (χ0) is 15.6. The molecule has 0 spiro atoms. The lowest BCUT2D eigenvalue weighted by Crippen LogP contribution is -2.42. The van der Waals surface area contributed by atoms with E-state index in [-0.39, 0.29) is 17.8 Å². The highest BCUT2D eigenvalue weighted by atomic mass is 79.9. The summed E-state index contributed by atoms with van der Waals surface area (Å²) in [6.07, 6.45) is 1.11. The molecule has 1 amide bonds. The van der Waals surface area contributed by atoms with E-state index in [1.807, 2.05) is 32.2 Å². The van der Waals surface area contributed by atoms with Crippen molar-refractivity contribution in [3.63, 3.8) is 0 Å². The number of Topliss-reactive ketones (excluding diaryl/α,β-unsaturated/α-hetero) is 1. The molecule has 0 N–H and O–H groups in total. The number of rotatable bonds is 2. The Morgan fingerprint density at radius 2 is 1.95 bits per heavy atom. The molecule has 1 aliphatic rings. The van der Waals surface area contributed by atoms with Gasteiger partial charge in [0, 0.05) is 23.5 Å². The molecule has 0 radical (unpaired) electrons. The summed E-state index contributed by atoms with van der Waals surface area (Å²) in [6, 6.07) is 1.90. The van der Waals surface area contributed by atoms with E-state index in [0.29, 0.717) is 25.9 Å². The molecule has 0 aliphatic carbocycles. The Kier molecular flexibility index (Phi) is 5.09. The quantitative estimate of drug-likeness (QED) is 0.724. The van der Waals surface area contributed by atoms with Gasteiger partial charge in [0.1, 0.15) is 5.60 Å². The van der Waals surface area contributed by atoms with E-state index in [4.69, 9.17) is 4.74 Å². The average molecular weight is 374 g/mol. The van der Waals surface area contributed by atoms with E-state index in [9.17, 15) is 9.59 Å². The van der Waals surface area contributed by atoms with E-state index in [1.165, 1.54) is 11.3 Å². The maximum absolute atomic E-state index is 12.4.